The van der Waals surface area contributed by atoms with Crippen LogP contribution in [0.1, 0.15) is 96.6 Å². The maximum Gasteiger partial charge on any atom is 0.331 e. The molecule has 4 heteroatoms. The van der Waals surface area contributed by atoms with Crippen LogP contribution >= 0.6 is 0 Å². The van der Waals surface area contributed by atoms with Crippen molar-refractivity contribution in [1.29, 1.82) is 0 Å². The third-order valence-corrected chi connectivity index (χ3v) is 7.01. The highest BCUT2D eigenvalue weighted by Crippen LogP contribution is 2.55. The van der Waals surface area contributed by atoms with Gasteiger partial charge in [-0.05, 0) is 56.2 Å². The Labute approximate surface area is 175 Å². The molecule has 1 aromatic carbocycles. The molecular formula is C25H36O4. The zero-order valence-corrected chi connectivity index (χ0v) is 18.5. The lowest BCUT2D eigenvalue weighted by atomic mass is 9.66. The minimum Gasteiger partial charge on any atom is -0.508 e. The predicted molar refractivity (Wildman–Crippen MR) is 116 cm³/mol. The van der Waals surface area contributed by atoms with Gasteiger partial charge in [0.05, 0.1) is 0 Å². The Balaban J connectivity index is 1.95. The fourth-order valence-electron chi connectivity index (χ4n) is 5.10. The monoisotopic (exact) mass is 400 g/mol. The van der Waals surface area contributed by atoms with Gasteiger partial charge in [-0.15, -0.1) is 0 Å². The van der Waals surface area contributed by atoms with Crippen LogP contribution in [0.5, 0.6) is 11.5 Å². The van der Waals surface area contributed by atoms with Crippen molar-refractivity contribution >= 4 is 5.97 Å². The van der Waals surface area contributed by atoms with Crippen molar-refractivity contribution in [2.24, 2.45) is 5.92 Å². The quantitative estimate of drug-likeness (QED) is 0.526. The number of allylic oxidation sites excluding steroid dienone is 1. The zero-order chi connectivity index (χ0) is 21.4. The van der Waals surface area contributed by atoms with Crippen LogP contribution in [0.25, 0.3) is 0 Å². The molecule has 1 unspecified atom stereocenters. The van der Waals surface area contributed by atoms with Crippen LogP contribution in [0, 0.1) is 5.92 Å². The Morgan fingerprint density at radius 1 is 1.24 bits per heavy atom. The van der Waals surface area contributed by atoms with E-state index in [2.05, 4.69) is 40.7 Å². The van der Waals surface area contributed by atoms with E-state index in [0.29, 0.717) is 18.4 Å². The van der Waals surface area contributed by atoms with E-state index in [1.807, 2.05) is 12.1 Å². The summed E-state index contributed by atoms with van der Waals surface area (Å²) in [5, 5.41) is 20.5. The van der Waals surface area contributed by atoms with Crippen LogP contribution in [0.4, 0.5) is 0 Å². The van der Waals surface area contributed by atoms with E-state index in [0.717, 1.165) is 23.3 Å². The number of carboxylic acid groups (broad SMARTS) is 1. The minimum atomic E-state index is -0.862. The van der Waals surface area contributed by atoms with Gasteiger partial charge in [0.25, 0.3) is 0 Å². The first-order valence-corrected chi connectivity index (χ1v) is 11.1. The molecular weight excluding hydrogens is 364 g/mol. The van der Waals surface area contributed by atoms with E-state index < -0.39 is 11.6 Å². The number of benzene rings is 1. The van der Waals surface area contributed by atoms with Crippen molar-refractivity contribution in [2.75, 3.05) is 0 Å². The van der Waals surface area contributed by atoms with Gasteiger partial charge >= 0.3 is 5.97 Å². The largest absolute Gasteiger partial charge is 0.508 e. The SMILES string of the molecule is CCCCCCC(C)(C)c1cc(O)c2c(c1)OC(C)(C)C1CC=C(C(=O)O)C[C@@H]21. The highest BCUT2D eigenvalue weighted by Gasteiger charge is 2.47. The molecule has 160 valence electrons. The van der Waals surface area contributed by atoms with Crippen LogP contribution in [0.2, 0.25) is 0 Å². The number of ether oxygens (including phenoxy) is 1. The summed E-state index contributed by atoms with van der Waals surface area (Å²) in [6, 6.07) is 3.97. The topological polar surface area (TPSA) is 66.8 Å². The van der Waals surface area contributed by atoms with Gasteiger partial charge in [0.1, 0.15) is 17.1 Å². The number of hydrogen-bond acceptors (Lipinski definition) is 3. The normalized spacial score (nSPS) is 22.9. The molecule has 2 aliphatic rings. The third-order valence-electron chi connectivity index (χ3n) is 7.01. The van der Waals surface area contributed by atoms with Gasteiger partial charge in [-0.3, -0.25) is 0 Å². The lowest BCUT2D eigenvalue weighted by Gasteiger charge is -2.47. The van der Waals surface area contributed by atoms with E-state index in [1.165, 1.54) is 25.7 Å². The Bertz CT molecular complexity index is 803. The van der Waals surface area contributed by atoms with E-state index >= 15 is 0 Å². The number of fused-ring (bicyclic) bond motifs is 3. The summed E-state index contributed by atoms with van der Waals surface area (Å²) in [5.74, 6) is 0.220. The van der Waals surface area contributed by atoms with Crippen molar-refractivity contribution in [3.05, 3.63) is 34.9 Å². The molecule has 29 heavy (non-hydrogen) atoms. The Hall–Kier alpha value is -1.97. The van der Waals surface area contributed by atoms with E-state index in [1.54, 1.807) is 0 Å². The first kappa shape index (κ1) is 21.7. The van der Waals surface area contributed by atoms with Gasteiger partial charge in [-0.2, -0.15) is 0 Å². The summed E-state index contributed by atoms with van der Waals surface area (Å²) in [6.45, 7) is 10.8. The maximum atomic E-state index is 11.6. The average Bonchev–Trinajstić information content (AvgIpc) is 2.64. The zero-order valence-electron chi connectivity index (χ0n) is 18.5. The van der Waals surface area contributed by atoms with Gasteiger partial charge in [-0.25, -0.2) is 4.79 Å². The molecule has 0 amide bonds. The molecule has 0 saturated heterocycles. The molecule has 4 nitrogen and oxygen atoms in total. The lowest BCUT2D eigenvalue weighted by Crippen LogP contribution is -2.46. The van der Waals surface area contributed by atoms with Crippen LogP contribution < -0.4 is 4.74 Å². The number of aromatic hydroxyl groups is 1. The Morgan fingerprint density at radius 3 is 2.62 bits per heavy atom. The molecule has 0 radical (unpaired) electrons. The molecule has 1 aromatic rings. The van der Waals surface area contributed by atoms with Crippen LogP contribution in [-0.2, 0) is 10.2 Å². The highest BCUT2D eigenvalue weighted by molar-refractivity contribution is 5.87. The van der Waals surface area contributed by atoms with Gasteiger partial charge in [-0.1, -0.05) is 52.5 Å². The predicted octanol–water partition coefficient (Wildman–Crippen LogP) is 6.32. The number of phenols is 1. The second kappa shape index (κ2) is 8.04. The summed E-state index contributed by atoms with van der Waals surface area (Å²) < 4.78 is 6.41. The molecule has 0 fully saturated rings. The smallest absolute Gasteiger partial charge is 0.331 e. The van der Waals surface area contributed by atoms with Crippen LogP contribution in [0.15, 0.2) is 23.8 Å². The molecule has 0 spiro atoms. The number of carboxylic acids is 1. The summed E-state index contributed by atoms with van der Waals surface area (Å²) >= 11 is 0. The first-order chi connectivity index (χ1) is 13.6. The molecule has 1 heterocycles. The van der Waals surface area contributed by atoms with Crippen molar-refractivity contribution in [3.63, 3.8) is 0 Å². The number of rotatable bonds is 7. The van der Waals surface area contributed by atoms with E-state index in [9.17, 15) is 15.0 Å². The van der Waals surface area contributed by atoms with Crippen molar-refractivity contribution in [2.45, 2.75) is 96.5 Å². The molecule has 1 aliphatic heterocycles. The molecule has 0 bridgehead atoms. The summed E-state index contributed by atoms with van der Waals surface area (Å²) in [7, 11) is 0. The Morgan fingerprint density at radius 2 is 1.97 bits per heavy atom. The fourth-order valence-corrected chi connectivity index (χ4v) is 5.10. The molecule has 2 atom stereocenters. The number of hydrogen-bond donors (Lipinski definition) is 2. The first-order valence-electron chi connectivity index (χ1n) is 11.1. The second-order valence-corrected chi connectivity index (χ2v) is 9.99. The van der Waals surface area contributed by atoms with E-state index in [-0.39, 0.29) is 23.0 Å². The summed E-state index contributed by atoms with van der Waals surface area (Å²) in [6.07, 6.45) is 8.85. The number of phenolic OH excluding ortho intramolecular Hbond substituents is 1. The number of aliphatic carboxylic acids is 1. The summed E-state index contributed by atoms with van der Waals surface area (Å²) in [4.78, 5) is 11.6. The average molecular weight is 401 g/mol. The van der Waals surface area contributed by atoms with Crippen molar-refractivity contribution in [3.8, 4) is 11.5 Å². The lowest BCUT2D eigenvalue weighted by molar-refractivity contribution is -0.133. The van der Waals surface area contributed by atoms with Crippen LogP contribution in [0.3, 0.4) is 0 Å². The van der Waals surface area contributed by atoms with Crippen molar-refractivity contribution in [1.82, 2.24) is 0 Å². The maximum absolute atomic E-state index is 11.6. The van der Waals surface area contributed by atoms with Gasteiger partial charge in [0.15, 0.2) is 0 Å². The number of unbranched alkanes of at least 4 members (excludes halogenated alkanes) is 3. The standard InChI is InChI=1S/C25H36O4/c1-6-7-8-9-12-24(2,3)17-14-20(26)22-18-13-16(23(27)28)10-11-19(18)25(4,5)29-21(22)15-17/h10,14-15,18-19,26H,6-9,11-13H2,1-5H3,(H,27,28)/t18-,19?/m1/s1. The van der Waals surface area contributed by atoms with E-state index in [4.69, 9.17) is 4.74 Å². The highest BCUT2D eigenvalue weighted by atomic mass is 16.5. The Kier molecular flexibility index (Phi) is 6.03. The van der Waals surface area contributed by atoms with Crippen LogP contribution in [-0.4, -0.2) is 21.8 Å². The van der Waals surface area contributed by atoms with Crippen molar-refractivity contribution < 1.29 is 19.7 Å². The van der Waals surface area contributed by atoms with Gasteiger partial charge in [0.2, 0.25) is 0 Å². The van der Waals surface area contributed by atoms with Gasteiger partial charge in [0, 0.05) is 23.0 Å². The molecule has 0 aromatic heterocycles. The molecule has 0 saturated carbocycles. The third kappa shape index (κ3) is 4.31. The fraction of sp³-hybridized carbons (Fsp3) is 0.640. The molecule has 3 rings (SSSR count). The molecule has 1 aliphatic carbocycles. The number of carbonyl (C=O) groups is 1. The summed E-state index contributed by atoms with van der Waals surface area (Å²) in [5.41, 5.74) is 1.85. The molecule has 2 N–H and O–H groups in total. The van der Waals surface area contributed by atoms with Gasteiger partial charge < -0.3 is 14.9 Å². The second-order valence-electron chi connectivity index (χ2n) is 9.99. The minimum absolute atomic E-state index is 0.0356.